The van der Waals surface area contributed by atoms with Gasteiger partial charge in [0.15, 0.2) is 0 Å². The van der Waals surface area contributed by atoms with Gasteiger partial charge in [-0.25, -0.2) is 14.1 Å². The summed E-state index contributed by atoms with van der Waals surface area (Å²) in [5.74, 6) is -4.72. The molecule has 1 atom stereocenters. The van der Waals surface area contributed by atoms with E-state index in [-0.39, 0.29) is 11.8 Å². The van der Waals surface area contributed by atoms with E-state index in [1.54, 1.807) is 24.3 Å². The van der Waals surface area contributed by atoms with Crippen molar-refractivity contribution in [2.75, 3.05) is 4.90 Å². The Morgan fingerprint density at radius 3 is 2.52 bits per heavy atom. The molecule has 1 aromatic heterocycles. The van der Waals surface area contributed by atoms with E-state index in [4.69, 9.17) is 0 Å². The Kier molecular flexibility index (Phi) is 3.69. The zero-order chi connectivity index (χ0) is 19.3. The second kappa shape index (κ2) is 5.83. The molecule has 0 saturated carbocycles. The van der Waals surface area contributed by atoms with Crippen LogP contribution in [0.4, 0.5) is 28.0 Å². The van der Waals surface area contributed by atoms with Crippen molar-refractivity contribution in [2.45, 2.75) is 6.18 Å². The number of halogens is 4. The fraction of sp³-hybridized carbons (Fsp3) is 0.111. The normalized spacial score (nSPS) is 20.2. The second-order valence-corrected chi connectivity index (χ2v) is 5.93. The van der Waals surface area contributed by atoms with Crippen LogP contribution in [0, 0.1) is 5.92 Å². The Morgan fingerprint density at radius 2 is 1.78 bits per heavy atom. The molecule has 0 fully saturated rings. The maximum Gasteiger partial charge on any atom is 0.398 e. The third-order valence-corrected chi connectivity index (χ3v) is 4.25. The van der Waals surface area contributed by atoms with Gasteiger partial charge in [0.2, 0.25) is 0 Å². The van der Waals surface area contributed by atoms with E-state index in [0.717, 1.165) is 0 Å². The molecular formula is C18H9F4N3O2. The van der Waals surface area contributed by atoms with Crippen molar-refractivity contribution in [3.63, 3.8) is 0 Å². The first-order valence-electron chi connectivity index (χ1n) is 7.74. The number of imide groups is 1. The average molecular weight is 375 g/mol. The molecule has 0 radical (unpaired) electrons. The number of nitrogens with zero attached hydrogens (tertiary/aromatic N) is 3. The molecule has 0 bridgehead atoms. The molecule has 1 aliphatic heterocycles. The molecule has 1 aromatic carbocycles. The molecule has 1 unspecified atom stereocenters. The number of urea groups is 1. The molecule has 1 aliphatic carbocycles. The number of hydrogen-bond acceptors (Lipinski definition) is 3. The van der Waals surface area contributed by atoms with Gasteiger partial charge in [0.1, 0.15) is 11.5 Å². The average Bonchev–Trinajstić information content (AvgIpc) is 2.62. The summed E-state index contributed by atoms with van der Waals surface area (Å²) in [6.07, 6.45) is -1.17. The van der Waals surface area contributed by atoms with Crippen LogP contribution >= 0.6 is 0 Å². The van der Waals surface area contributed by atoms with E-state index in [0.29, 0.717) is 21.7 Å². The van der Waals surface area contributed by atoms with Gasteiger partial charge in [0.05, 0.1) is 23.4 Å². The molecule has 0 saturated heterocycles. The zero-order valence-corrected chi connectivity index (χ0v) is 13.4. The standard InChI is InChI=1S/C18H9F4N3O2/c19-13-6-10(18(20,21)22)5-12-15(13)24-17(27)25(16(12)26)14-8-23-7-9-3-1-2-4-11(9)14/h1-8,10H. The lowest BCUT2D eigenvalue weighted by Gasteiger charge is -2.28. The summed E-state index contributed by atoms with van der Waals surface area (Å²) in [6.45, 7) is 0. The number of hydrogen-bond donors (Lipinski definition) is 0. The third kappa shape index (κ3) is 2.71. The van der Waals surface area contributed by atoms with Crippen molar-refractivity contribution < 1.29 is 27.2 Å². The number of carbonyl (C=O) groups excluding carboxylic acids is 2. The third-order valence-electron chi connectivity index (χ3n) is 4.25. The van der Waals surface area contributed by atoms with Crippen molar-refractivity contribution in [1.29, 1.82) is 0 Å². The van der Waals surface area contributed by atoms with Crippen molar-refractivity contribution in [3.05, 3.63) is 60.2 Å². The predicted octanol–water partition coefficient (Wildman–Crippen LogP) is 4.11. The van der Waals surface area contributed by atoms with E-state index in [1.165, 1.54) is 12.4 Å². The molecule has 2 aromatic rings. The molecule has 2 heterocycles. The van der Waals surface area contributed by atoms with E-state index in [9.17, 15) is 27.2 Å². The molecule has 4 rings (SSSR count). The minimum absolute atomic E-state index is 0.0605. The topological polar surface area (TPSA) is 62.6 Å². The van der Waals surface area contributed by atoms with E-state index in [2.05, 4.69) is 9.98 Å². The van der Waals surface area contributed by atoms with Crippen LogP contribution in [0.2, 0.25) is 0 Å². The van der Waals surface area contributed by atoms with Crippen LogP contribution in [-0.4, -0.2) is 28.8 Å². The fourth-order valence-corrected chi connectivity index (χ4v) is 2.99. The van der Waals surface area contributed by atoms with Gasteiger partial charge in [-0.05, 0) is 6.08 Å². The molecule has 0 spiro atoms. The van der Waals surface area contributed by atoms with Crippen LogP contribution in [0.25, 0.3) is 10.8 Å². The lowest BCUT2D eigenvalue weighted by Crippen LogP contribution is -2.44. The van der Waals surface area contributed by atoms with Crippen molar-refractivity contribution in [1.82, 2.24) is 4.98 Å². The largest absolute Gasteiger partial charge is 0.398 e. The minimum atomic E-state index is -4.77. The Morgan fingerprint density at radius 1 is 1.04 bits per heavy atom. The summed E-state index contributed by atoms with van der Waals surface area (Å²) in [5.41, 5.74) is -1.23. The number of amides is 3. The van der Waals surface area contributed by atoms with Crippen LogP contribution in [0.15, 0.2) is 65.2 Å². The first-order valence-corrected chi connectivity index (χ1v) is 7.74. The maximum atomic E-state index is 14.1. The van der Waals surface area contributed by atoms with Crippen molar-refractivity contribution in [3.8, 4) is 0 Å². The lowest BCUT2D eigenvalue weighted by atomic mass is 9.92. The fourth-order valence-electron chi connectivity index (χ4n) is 2.99. The van der Waals surface area contributed by atoms with Gasteiger partial charge in [-0.2, -0.15) is 18.2 Å². The Labute approximate surface area is 149 Å². The Bertz CT molecular complexity index is 1080. The number of alkyl halides is 3. The van der Waals surface area contributed by atoms with Crippen molar-refractivity contribution in [2.24, 2.45) is 10.9 Å². The molecule has 2 aliphatic rings. The quantitative estimate of drug-likeness (QED) is 0.705. The smallest absolute Gasteiger partial charge is 0.268 e. The second-order valence-electron chi connectivity index (χ2n) is 5.93. The lowest BCUT2D eigenvalue weighted by molar-refractivity contribution is -0.149. The van der Waals surface area contributed by atoms with Crippen LogP contribution < -0.4 is 4.90 Å². The molecule has 136 valence electrons. The predicted molar refractivity (Wildman–Crippen MR) is 88.9 cm³/mol. The molecule has 5 nitrogen and oxygen atoms in total. The van der Waals surface area contributed by atoms with Crippen LogP contribution in [-0.2, 0) is 4.79 Å². The number of aliphatic imine (C=N–C) groups is 1. The van der Waals surface area contributed by atoms with Gasteiger partial charge in [0.25, 0.3) is 5.91 Å². The van der Waals surface area contributed by atoms with E-state index in [1.807, 2.05) is 0 Å². The number of pyridine rings is 1. The molecule has 27 heavy (non-hydrogen) atoms. The first kappa shape index (κ1) is 17.1. The van der Waals surface area contributed by atoms with Gasteiger partial charge in [-0.1, -0.05) is 30.3 Å². The summed E-state index contributed by atoms with van der Waals surface area (Å²) < 4.78 is 53.1. The van der Waals surface area contributed by atoms with Crippen LogP contribution in [0.1, 0.15) is 0 Å². The number of aromatic nitrogens is 1. The van der Waals surface area contributed by atoms with E-state index >= 15 is 0 Å². The highest BCUT2D eigenvalue weighted by atomic mass is 19.4. The van der Waals surface area contributed by atoms with Crippen molar-refractivity contribution >= 4 is 34.1 Å². The molecule has 0 N–H and O–H groups in total. The number of rotatable bonds is 1. The highest BCUT2D eigenvalue weighted by molar-refractivity contribution is 6.41. The Balaban J connectivity index is 1.88. The molecular weight excluding hydrogens is 366 g/mol. The summed E-state index contributed by atoms with van der Waals surface area (Å²) in [6, 6.07) is 5.62. The number of allylic oxidation sites excluding steroid dienone is 3. The Hall–Kier alpha value is -3.36. The van der Waals surface area contributed by atoms with Gasteiger partial charge in [-0.15, -0.1) is 0 Å². The van der Waals surface area contributed by atoms with Gasteiger partial charge in [0, 0.05) is 17.0 Å². The number of benzene rings is 1. The maximum absolute atomic E-state index is 14.1. The summed E-state index contributed by atoms with van der Waals surface area (Å²) in [5, 5.41) is 1.09. The van der Waals surface area contributed by atoms with E-state index < -0.39 is 41.1 Å². The molecule has 9 heteroatoms. The van der Waals surface area contributed by atoms with Crippen LogP contribution in [0.3, 0.4) is 0 Å². The highest BCUT2D eigenvalue weighted by Gasteiger charge is 2.44. The number of fused-ring (bicyclic) bond motifs is 2. The van der Waals surface area contributed by atoms with Gasteiger partial charge >= 0.3 is 12.2 Å². The number of anilines is 1. The summed E-state index contributed by atoms with van der Waals surface area (Å²) >= 11 is 0. The summed E-state index contributed by atoms with van der Waals surface area (Å²) in [4.78, 5) is 33.2. The zero-order valence-electron chi connectivity index (χ0n) is 13.4. The van der Waals surface area contributed by atoms with Gasteiger partial charge in [-0.3, -0.25) is 9.78 Å². The number of carbonyl (C=O) groups is 2. The highest BCUT2D eigenvalue weighted by Crippen LogP contribution is 2.37. The monoisotopic (exact) mass is 375 g/mol. The molecule has 3 amide bonds. The first-order chi connectivity index (χ1) is 12.8. The van der Waals surface area contributed by atoms with Crippen LogP contribution in [0.5, 0.6) is 0 Å². The summed E-state index contributed by atoms with van der Waals surface area (Å²) in [7, 11) is 0. The SMILES string of the molecule is O=C1N=C2C(F)=CC(C(F)(F)F)C=C2C(=O)N1c1cncc2ccccc12. The minimum Gasteiger partial charge on any atom is -0.268 e. The van der Waals surface area contributed by atoms with Gasteiger partial charge < -0.3 is 0 Å².